The topological polar surface area (TPSA) is 52.3 Å². The van der Waals surface area contributed by atoms with Crippen molar-refractivity contribution < 1.29 is 9.53 Å². The molecule has 1 aliphatic rings. The summed E-state index contributed by atoms with van der Waals surface area (Å²) in [5, 5.41) is 0. The Balaban J connectivity index is 2.33. The number of esters is 1. The molecule has 0 aromatic heterocycles. The molecule has 0 heterocycles. The van der Waals surface area contributed by atoms with Gasteiger partial charge in [0.2, 0.25) is 0 Å². The summed E-state index contributed by atoms with van der Waals surface area (Å²) < 4.78 is 5.33. The molecule has 94 valence electrons. The lowest BCUT2D eigenvalue weighted by Crippen LogP contribution is -2.33. The second-order valence-electron chi connectivity index (χ2n) is 5.24. The third kappa shape index (κ3) is 4.12. The Kier molecular flexibility index (Phi) is 5.81. The van der Waals surface area contributed by atoms with E-state index in [0.717, 1.165) is 25.7 Å². The second kappa shape index (κ2) is 6.89. The third-order valence-corrected chi connectivity index (χ3v) is 3.45. The Morgan fingerprint density at radius 1 is 1.38 bits per heavy atom. The summed E-state index contributed by atoms with van der Waals surface area (Å²) in [6.45, 7) is 5.45. The van der Waals surface area contributed by atoms with Crippen LogP contribution in [0.4, 0.5) is 0 Å². The molecule has 1 saturated carbocycles. The van der Waals surface area contributed by atoms with Crippen LogP contribution in [-0.2, 0) is 9.53 Å². The molecule has 0 aliphatic heterocycles. The molecule has 3 heteroatoms. The van der Waals surface area contributed by atoms with E-state index < -0.39 is 0 Å². The Labute approximate surface area is 98.7 Å². The van der Waals surface area contributed by atoms with Crippen LogP contribution in [0, 0.1) is 17.8 Å². The molecular formula is C13H25NO2. The van der Waals surface area contributed by atoms with Gasteiger partial charge in [-0.1, -0.05) is 26.7 Å². The third-order valence-electron chi connectivity index (χ3n) is 3.45. The van der Waals surface area contributed by atoms with Crippen LogP contribution in [0.2, 0.25) is 0 Å². The second-order valence-corrected chi connectivity index (χ2v) is 5.24. The van der Waals surface area contributed by atoms with Gasteiger partial charge in [-0.3, -0.25) is 4.79 Å². The largest absolute Gasteiger partial charge is 0.465 e. The zero-order chi connectivity index (χ0) is 12.0. The minimum atomic E-state index is -0.0178. The molecule has 2 atom stereocenters. The number of hydrogen-bond donors (Lipinski definition) is 1. The summed E-state index contributed by atoms with van der Waals surface area (Å²) in [6, 6.07) is 0. The van der Waals surface area contributed by atoms with Crippen LogP contribution in [0.25, 0.3) is 0 Å². The molecule has 0 aromatic carbocycles. The molecule has 2 unspecified atom stereocenters. The van der Waals surface area contributed by atoms with Crippen LogP contribution in [0.5, 0.6) is 0 Å². The van der Waals surface area contributed by atoms with E-state index in [2.05, 4.69) is 13.8 Å². The normalized spacial score (nSPS) is 25.8. The van der Waals surface area contributed by atoms with Crippen molar-refractivity contribution in [2.24, 2.45) is 23.5 Å². The average molecular weight is 227 g/mol. The van der Waals surface area contributed by atoms with Gasteiger partial charge in [-0.2, -0.15) is 0 Å². The minimum Gasteiger partial charge on any atom is -0.465 e. The van der Waals surface area contributed by atoms with Gasteiger partial charge >= 0.3 is 5.97 Å². The first-order valence-electron chi connectivity index (χ1n) is 6.51. The van der Waals surface area contributed by atoms with Gasteiger partial charge in [0.25, 0.3) is 0 Å². The number of ether oxygens (including phenoxy) is 1. The van der Waals surface area contributed by atoms with Gasteiger partial charge in [0.1, 0.15) is 0 Å². The maximum atomic E-state index is 11.9. The van der Waals surface area contributed by atoms with Gasteiger partial charge in [0, 0.05) is 0 Å². The number of carbonyl (C=O) groups is 1. The monoisotopic (exact) mass is 227 g/mol. The molecule has 0 aromatic rings. The number of nitrogens with two attached hydrogens (primary N) is 1. The first kappa shape index (κ1) is 13.5. The quantitative estimate of drug-likeness (QED) is 0.733. The van der Waals surface area contributed by atoms with E-state index in [4.69, 9.17) is 10.5 Å². The zero-order valence-corrected chi connectivity index (χ0v) is 10.6. The summed E-state index contributed by atoms with van der Waals surface area (Å²) >= 11 is 0. The maximum absolute atomic E-state index is 11.9. The van der Waals surface area contributed by atoms with Gasteiger partial charge in [0.05, 0.1) is 12.5 Å². The van der Waals surface area contributed by atoms with E-state index in [-0.39, 0.29) is 11.9 Å². The number of hydrogen-bond acceptors (Lipinski definition) is 3. The summed E-state index contributed by atoms with van der Waals surface area (Å²) in [7, 11) is 0. The first-order valence-corrected chi connectivity index (χ1v) is 6.51. The Morgan fingerprint density at radius 2 is 2.06 bits per heavy atom. The van der Waals surface area contributed by atoms with Gasteiger partial charge in [-0.25, -0.2) is 0 Å². The van der Waals surface area contributed by atoms with E-state index >= 15 is 0 Å². The fourth-order valence-electron chi connectivity index (χ4n) is 2.30. The summed E-state index contributed by atoms with van der Waals surface area (Å²) in [4.78, 5) is 11.9. The highest BCUT2D eigenvalue weighted by atomic mass is 16.5. The van der Waals surface area contributed by atoms with Crippen LogP contribution in [0.15, 0.2) is 0 Å². The molecule has 0 bridgehead atoms. The van der Waals surface area contributed by atoms with Crippen molar-refractivity contribution in [1.82, 2.24) is 0 Å². The molecule has 0 amide bonds. The van der Waals surface area contributed by atoms with E-state index in [0.29, 0.717) is 25.0 Å². The first-order chi connectivity index (χ1) is 7.65. The van der Waals surface area contributed by atoms with Crippen molar-refractivity contribution >= 4 is 5.97 Å². The predicted molar refractivity (Wildman–Crippen MR) is 64.9 cm³/mol. The summed E-state index contributed by atoms with van der Waals surface area (Å²) in [6.07, 6.45) is 5.34. The highest BCUT2D eigenvalue weighted by Gasteiger charge is 2.30. The number of rotatable bonds is 5. The Morgan fingerprint density at radius 3 is 2.69 bits per heavy atom. The lowest BCUT2D eigenvalue weighted by atomic mass is 9.79. The molecular weight excluding hydrogens is 202 g/mol. The Bertz CT molecular complexity index is 216. The van der Waals surface area contributed by atoms with Crippen LogP contribution < -0.4 is 5.73 Å². The van der Waals surface area contributed by atoms with Crippen molar-refractivity contribution in [2.75, 3.05) is 13.2 Å². The smallest absolute Gasteiger partial charge is 0.309 e. The van der Waals surface area contributed by atoms with Gasteiger partial charge in [0.15, 0.2) is 0 Å². The van der Waals surface area contributed by atoms with Crippen LogP contribution in [-0.4, -0.2) is 19.1 Å². The average Bonchev–Trinajstić information content (AvgIpc) is 2.28. The molecule has 0 radical (unpaired) electrons. The van der Waals surface area contributed by atoms with Crippen molar-refractivity contribution in [3.63, 3.8) is 0 Å². The van der Waals surface area contributed by atoms with Crippen LogP contribution in [0.1, 0.15) is 46.0 Å². The van der Waals surface area contributed by atoms with Crippen molar-refractivity contribution in [3.8, 4) is 0 Å². The maximum Gasteiger partial charge on any atom is 0.309 e. The van der Waals surface area contributed by atoms with E-state index in [1.807, 2.05) is 0 Å². The number of carbonyl (C=O) groups excluding carboxylic acids is 1. The molecule has 1 fully saturated rings. The fourth-order valence-corrected chi connectivity index (χ4v) is 2.30. The molecule has 0 spiro atoms. The summed E-state index contributed by atoms with van der Waals surface area (Å²) in [5.74, 6) is 0.978. The van der Waals surface area contributed by atoms with Crippen molar-refractivity contribution in [3.05, 3.63) is 0 Å². The standard InChI is InChI=1S/C13H25NO2/c1-10(2)7-8-16-13(15)12-6-4-3-5-11(12)9-14/h10-12H,3-9,14H2,1-2H3. The summed E-state index contributed by atoms with van der Waals surface area (Å²) in [5.41, 5.74) is 5.70. The van der Waals surface area contributed by atoms with Gasteiger partial charge in [-0.15, -0.1) is 0 Å². The molecule has 16 heavy (non-hydrogen) atoms. The van der Waals surface area contributed by atoms with Crippen LogP contribution >= 0.6 is 0 Å². The molecule has 1 rings (SSSR count). The highest BCUT2D eigenvalue weighted by Crippen LogP contribution is 2.30. The van der Waals surface area contributed by atoms with Gasteiger partial charge in [-0.05, 0) is 37.6 Å². The van der Waals surface area contributed by atoms with Crippen molar-refractivity contribution in [2.45, 2.75) is 46.0 Å². The van der Waals surface area contributed by atoms with Crippen LogP contribution in [0.3, 0.4) is 0 Å². The molecule has 0 saturated heterocycles. The van der Waals surface area contributed by atoms with E-state index in [1.54, 1.807) is 0 Å². The van der Waals surface area contributed by atoms with Crippen molar-refractivity contribution in [1.29, 1.82) is 0 Å². The highest BCUT2D eigenvalue weighted by molar-refractivity contribution is 5.72. The zero-order valence-electron chi connectivity index (χ0n) is 10.6. The molecule has 2 N–H and O–H groups in total. The molecule has 1 aliphatic carbocycles. The Hall–Kier alpha value is -0.570. The fraction of sp³-hybridized carbons (Fsp3) is 0.923. The molecule has 3 nitrogen and oxygen atoms in total. The minimum absolute atomic E-state index is 0.0178. The lowest BCUT2D eigenvalue weighted by Gasteiger charge is -2.28. The predicted octanol–water partition coefficient (Wildman–Crippen LogP) is 2.34. The van der Waals surface area contributed by atoms with Gasteiger partial charge < -0.3 is 10.5 Å². The van der Waals surface area contributed by atoms with E-state index in [9.17, 15) is 4.79 Å². The lowest BCUT2D eigenvalue weighted by molar-refractivity contribution is -0.152. The SMILES string of the molecule is CC(C)CCOC(=O)C1CCCCC1CN. The van der Waals surface area contributed by atoms with E-state index in [1.165, 1.54) is 6.42 Å².